The molecule has 1 saturated heterocycles. The van der Waals surface area contributed by atoms with Gasteiger partial charge < -0.3 is 4.57 Å². The second kappa shape index (κ2) is 5.52. The van der Waals surface area contributed by atoms with Crippen molar-refractivity contribution in [1.29, 1.82) is 0 Å². The van der Waals surface area contributed by atoms with E-state index in [0.29, 0.717) is 7.92 Å². The molecule has 13 heavy (non-hydrogen) atoms. The van der Waals surface area contributed by atoms with Crippen molar-refractivity contribution in [2.75, 3.05) is 38.0 Å². The highest BCUT2D eigenvalue weighted by molar-refractivity contribution is 7.63. The van der Waals surface area contributed by atoms with Crippen LogP contribution in [0, 0.1) is 0 Å². The van der Waals surface area contributed by atoms with Crippen LogP contribution in [0.15, 0.2) is 0 Å². The Morgan fingerprint density at radius 3 is 1.92 bits per heavy atom. The minimum atomic E-state index is -1.72. The third-order valence-electron chi connectivity index (χ3n) is 2.84. The predicted octanol–water partition coefficient (Wildman–Crippen LogP) is 3.67. The summed E-state index contributed by atoms with van der Waals surface area (Å²) in [4.78, 5) is 0. The zero-order valence-electron chi connectivity index (χ0n) is 8.96. The quantitative estimate of drug-likeness (QED) is 0.569. The lowest BCUT2D eigenvalue weighted by atomic mass is 10.4. The molecule has 1 aliphatic rings. The van der Waals surface area contributed by atoms with Gasteiger partial charge in [-0.05, 0) is 51.3 Å². The van der Waals surface area contributed by atoms with Gasteiger partial charge in [0.15, 0.2) is 0 Å². The molecule has 0 atom stereocenters. The van der Waals surface area contributed by atoms with E-state index in [1.807, 2.05) is 6.66 Å². The molecule has 0 spiro atoms. The molecule has 1 rings (SSSR count). The monoisotopic (exact) mass is 220 g/mol. The largest absolute Gasteiger partial charge is 0.324 e. The first-order chi connectivity index (χ1) is 6.10. The molecule has 0 saturated carbocycles. The summed E-state index contributed by atoms with van der Waals surface area (Å²) < 4.78 is 12.0. The van der Waals surface area contributed by atoms with Crippen LogP contribution < -0.4 is 0 Å². The van der Waals surface area contributed by atoms with E-state index in [1.165, 1.54) is 38.0 Å². The molecule has 0 N–H and O–H groups in total. The smallest absolute Gasteiger partial charge is 0.0848 e. The number of hydrogen-bond acceptors (Lipinski definition) is 1. The second-order valence-electron chi connectivity index (χ2n) is 4.46. The highest BCUT2D eigenvalue weighted by atomic mass is 31.2. The molecule has 3 heteroatoms. The summed E-state index contributed by atoms with van der Waals surface area (Å²) in [5.41, 5.74) is 0. The average Bonchev–Trinajstić information content (AvgIpc) is 2.06. The molecule has 0 aliphatic carbocycles. The fraction of sp³-hybridized carbons (Fsp3) is 1.00. The van der Waals surface area contributed by atoms with E-state index < -0.39 is 7.14 Å². The van der Waals surface area contributed by atoms with Crippen LogP contribution in [0.1, 0.15) is 25.7 Å². The molecule has 0 bridgehead atoms. The lowest BCUT2D eigenvalue weighted by molar-refractivity contribution is 0.574. The van der Waals surface area contributed by atoms with Crippen LogP contribution in [0.4, 0.5) is 0 Å². The maximum absolute atomic E-state index is 12.0. The fourth-order valence-corrected chi connectivity index (χ4v) is 5.64. The lowest BCUT2D eigenvalue weighted by Gasteiger charge is -2.18. The molecule has 1 nitrogen and oxygen atoms in total. The topological polar surface area (TPSA) is 17.1 Å². The summed E-state index contributed by atoms with van der Waals surface area (Å²) in [6.45, 7) is 4.42. The number of hydrogen-bond donors (Lipinski definition) is 0. The highest BCUT2D eigenvalue weighted by Gasteiger charge is 2.16. The molecule has 0 unspecified atom stereocenters. The SMILES string of the molecule is CP1CCCCP(C)(=O)CCCC1. The molecule has 78 valence electrons. The van der Waals surface area contributed by atoms with Gasteiger partial charge in [0.1, 0.15) is 0 Å². The Morgan fingerprint density at radius 1 is 1.00 bits per heavy atom. The van der Waals surface area contributed by atoms with Gasteiger partial charge >= 0.3 is 0 Å². The first-order valence-corrected chi connectivity index (χ1v) is 10.0. The third-order valence-corrected chi connectivity index (χ3v) is 7.53. The Labute approximate surface area is 83.8 Å². The Kier molecular flexibility index (Phi) is 4.98. The zero-order valence-corrected chi connectivity index (χ0v) is 10.7. The van der Waals surface area contributed by atoms with E-state index in [-0.39, 0.29) is 0 Å². The molecule has 0 radical (unpaired) electrons. The summed E-state index contributed by atoms with van der Waals surface area (Å²) >= 11 is 0. The Morgan fingerprint density at radius 2 is 1.46 bits per heavy atom. The van der Waals surface area contributed by atoms with Crippen LogP contribution in [-0.2, 0) is 4.57 Å². The van der Waals surface area contributed by atoms with Gasteiger partial charge in [0.2, 0.25) is 0 Å². The van der Waals surface area contributed by atoms with Gasteiger partial charge in [0.25, 0.3) is 0 Å². The third kappa shape index (κ3) is 5.18. The van der Waals surface area contributed by atoms with Gasteiger partial charge in [-0.3, -0.25) is 0 Å². The van der Waals surface area contributed by atoms with Gasteiger partial charge in [-0.15, -0.1) is 7.92 Å². The van der Waals surface area contributed by atoms with E-state index in [9.17, 15) is 4.57 Å². The van der Waals surface area contributed by atoms with E-state index in [0.717, 1.165) is 12.3 Å². The van der Waals surface area contributed by atoms with E-state index >= 15 is 0 Å². The van der Waals surface area contributed by atoms with Gasteiger partial charge in [-0.1, -0.05) is 0 Å². The van der Waals surface area contributed by atoms with Gasteiger partial charge in [0, 0.05) is 12.3 Å². The maximum Gasteiger partial charge on any atom is 0.0848 e. The minimum Gasteiger partial charge on any atom is -0.324 e. The van der Waals surface area contributed by atoms with Crippen molar-refractivity contribution < 1.29 is 4.57 Å². The molecule has 0 aromatic carbocycles. The van der Waals surface area contributed by atoms with E-state index in [2.05, 4.69) is 6.66 Å². The summed E-state index contributed by atoms with van der Waals surface area (Å²) in [6.07, 6.45) is 9.90. The standard InChI is InChI=1S/C10H22OP2/c1-12-7-3-5-9-13(2,11)10-6-4-8-12/h3-10H2,1-2H3. The Balaban J connectivity index is 2.37. The summed E-state index contributed by atoms with van der Waals surface area (Å²) in [6, 6.07) is 0. The van der Waals surface area contributed by atoms with Crippen LogP contribution in [-0.4, -0.2) is 38.0 Å². The van der Waals surface area contributed by atoms with Crippen molar-refractivity contribution in [3.05, 3.63) is 0 Å². The highest BCUT2D eigenvalue weighted by Crippen LogP contribution is 2.45. The Hall–Kier alpha value is 0.660. The van der Waals surface area contributed by atoms with Gasteiger partial charge in [-0.25, -0.2) is 0 Å². The lowest BCUT2D eigenvalue weighted by Crippen LogP contribution is -2.00. The van der Waals surface area contributed by atoms with Crippen molar-refractivity contribution >= 4 is 15.1 Å². The maximum atomic E-state index is 12.0. The van der Waals surface area contributed by atoms with Crippen LogP contribution in [0.3, 0.4) is 0 Å². The first kappa shape index (κ1) is 11.7. The van der Waals surface area contributed by atoms with Gasteiger partial charge in [-0.2, -0.15) is 0 Å². The van der Waals surface area contributed by atoms with Crippen LogP contribution in [0.2, 0.25) is 0 Å². The predicted molar refractivity (Wildman–Crippen MR) is 64.3 cm³/mol. The van der Waals surface area contributed by atoms with Crippen LogP contribution in [0.25, 0.3) is 0 Å². The summed E-state index contributed by atoms with van der Waals surface area (Å²) in [5.74, 6) is 0. The molecular weight excluding hydrogens is 198 g/mol. The minimum absolute atomic E-state index is 0.315. The van der Waals surface area contributed by atoms with E-state index in [1.54, 1.807) is 0 Å². The first-order valence-electron chi connectivity index (χ1n) is 5.34. The molecule has 1 heterocycles. The average molecular weight is 220 g/mol. The van der Waals surface area contributed by atoms with Crippen molar-refractivity contribution in [3.8, 4) is 0 Å². The summed E-state index contributed by atoms with van der Waals surface area (Å²) in [5, 5.41) is 0. The molecule has 1 fully saturated rings. The molecule has 0 amide bonds. The van der Waals surface area contributed by atoms with Crippen molar-refractivity contribution in [3.63, 3.8) is 0 Å². The van der Waals surface area contributed by atoms with Crippen molar-refractivity contribution in [1.82, 2.24) is 0 Å². The summed E-state index contributed by atoms with van der Waals surface area (Å²) in [7, 11) is -1.40. The van der Waals surface area contributed by atoms with Crippen LogP contribution in [0.5, 0.6) is 0 Å². The van der Waals surface area contributed by atoms with Gasteiger partial charge in [0.05, 0.1) is 7.14 Å². The Bertz CT molecular complexity index is 175. The van der Waals surface area contributed by atoms with Crippen molar-refractivity contribution in [2.24, 2.45) is 0 Å². The van der Waals surface area contributed by atoms with Crippen LogP contribution >= 0.6 is 15.1 Å². The fourth-order valence-electron chi connectivity index (χ4n) is 1.88. The molecular formula is C10H22OP2. The molecule has 0 aromatic rings. The van der Waals surface area contributed by atoms with Crippen molar-refractivity contribution in [2.45, 2.75) is 25.7 Å². The van der Waals surface area contributed by atoms with E-state index in [4.69, 9.17) is 0 Å². The zero-order chi connectivity index (χ0) is 9.73. The number of rotatable bonds is 0. The normalized spacial score (nSPS) is 38.5. The molecule has 0 aromatic heterocycles. The molecule has 1 aliphatic heterocycles. The second-order valence-corrected chi connectivity index (χ2v) is 10.6.